The summed E-state index contributed by atoms with van der Waals surface area (Å²) in [5.41, 5.74) is 0.449. The van der Waals surface area contributed by atoms with Crippen LogP contribution in [0.5, 0.6) is 0 Å². The minimum Gasteiger partial charge on any atom is -0.345 e. The predicted molar refractivity (Wildman–Crippen MR) is 125 cm³/mol. The van der Waals surface area contributed by atoms with Gasteiger partial charge in [-0.1, -0.05) is 17.4 Å². The highest BCUT2D eigenvalue weighted by atomic mass is 32.2. The highest BCUT2D eigenvalue weighted by molar-refractivity contribution is 7.91. The Bertz CT molecular complexity index is 1390. The average molecular weight is 512 g/mol. The third kappa shape index (κ3) is 5.17. The van der Waals surface area contributed by atoms with Crippen LogP contribution in [0.1, 0.15) is 6.42 Å². The van der Waals surface area contributed by atoms with Crippen LogP contribution in [0.3, 0.4) is 0 Å². The second kappa shape index (κ2) is 8.99. The number of rotatable bonds is 6. The summed E-state index contributed by atoms with van der Waals surface area (Å²) in [4.78, 5) is 20.9. The smallest absolute Gasteiger partial charge is 0.223 e. The number of thiazole rings is 1. The highest BCUT2D eigenvalue weighted by Crippen LogP contribution is 2.33. The number of para-hydroxylation sites is 1. The first-order valence-electron chi connectivity index (χ1n) is 10.2. The molecule has 1 fully saturated rings. The van der Waals surface area contributed by atoms with Crippen LogP contribution in [0.4, 0.5) is 9.52 Å². The Kier molecular flexibility index (Phi) is 6.43. The fourth-order valence-corrected chi connectivity index (χ4v) is 6.80. The van der Waals surface area contributed by atoms with E-state index >= 15 is 0 Å². The topological polar surface area (TPSA) is 105 Å². The van der Waals surface area contributed by atoms with Crippen LogP contribution < -0.4 is 4.90 Å². The van der Waals surface area contributed by atoms with E-state index in [-0.39, 0.29) is 27.9 Å². The lowest BCUT2D eigenvalue weighted by molar-refractivity contribution is -0.131. The maximum Gasteiger partial charge on any atom is 0.223 e. The first-order chi connectivity index (χ1) is 15.5. The second-order valence-electron chi connectivity index (χ2n) is 7.76. The van der Waals surface area contributed by atoms with Gasteiger partial charge in [0.2, 0.25) is 5.91 Å². The molecule has 0 aliphatic carbocycles. The van der Waals surface area contributed by atoms with E-state index in [4.69, 9.17) is 0 Å². The number of benzene rings is 2. The molecule has 0 spiro atoms. The Labute approximate surface area is 195 Å². The van der Waals surface area contributed by atoms with Gasteiger partial charge in [-0.05, 0) is 36.4 Å². The maximum absolute atomic E-state index is 13.0. The van der Waals surface area contributed by atoms with E-state index in [9.17, 15) is 26.0 Å². The van der Waals surface area contributed by atoms with E-state index in [1.807, 2.05) is 11.0 Å². The van der Waals surface area contributed by atoms with Gasteiger partial charge in [0.05, 0.1) is 20.2 Å². The number of fused-ring (bicyclic) bond motifs is 1. The predicted octanol–water partition coefficient (Wildman–Crippen LogP) is 2.35. The van der Waals surface area contributed by atoms with Gasteiger partial charge in [-0.25, -0.2) is 26.2 Å². The van der Waals surface area contributed by atoms with E-state index in [1.165, 1.54) is 29.5 Å². The normalized spacial score (nSPS) is 15.2. The first kappa shape index (κ1) is 23.6. The lowest BCUT2D eigenvalue weighted by Crippen LogP contribution is -2.49. The summed E-state index contributed by atoms with van der Waals surface area (Å²) in [7, 11) is -7.08. The van der Waals surface area contributed by atoms with Crippen LogP contribution in [0, 0.1) is 5.82 Å². The van der Waals surface area contributed by atoms with Gasteiger partial charge in [0.1, 0.15) is 11.3 Å². The lowest BCUT2D eigenvalue weighted by Gasteiger charge is -2.34. The summed E-state index contributed by atoms with van der Waals surface area (Å²) in [5.74, 6) is -1.13. The van der Waals surface area contributed by atoms with Crippen LogP contribution in [-0.4, -0.2) is 70.8 Å². The number of halogens is 1. The molecule has 1 saturated heterocycles. The Morgan fingerprint density at radius 3 is 2.33 bits per heavy atom. The highest BCUT2D eigenvalue weighted by Gasteiger charge is 2.26. The molecule has 1 aromatic heterocycles. The summed E-state index contributed by atoms with van der Waals surface area (Å²) < 4.78 is 62.7. The van der Waals surface area contributed by atoms with E-state index in [2.05, 4.69) is 4.98 Å². The van der Waals surface area contributed by atoms with Crippen molar-refractivity contribution in [3.63, 3.8) is 0 Å². The van der Waals surface area contributed by atoms with Crippen molar-refractivity contribution in [2.45, 2.75) is 16.2 Å². The molecule has 8 nitrogen and oxygen atoms in total. The zero-order chi connectivity index (χ0) is 23.8. The molecule has 0 atom stereocenters. The average Bonchev–Trinajstić information content (AvgIpc) is 3.21. The van der Waals surface area contributed by atoms with Crippen molar-refractivity contribution >= 4 is 52.3 Å². The van der Waals surface area contributed by atoms with Crippen molar-refractivity contribution in [3.05, 3.63) is 48.3 Å². The van der Waals surface area contributed by atoms with Crippen molar-refractivity contribution in [1.82, 2.24) is 9.88 Å². The third-order valence-electron chi connectivity index (χ3n) is 5.43. The molecule has 1 amide bonds. The molecule has 0 bridgehead atoms. The van der Waals surface area contributed by atoms with Crippen molar-refractivity contribution in [2.24, 2.45) is 0 Å². The number of aromatic nitrogens is 1. The zero-order valence-electron chi connectivity index (χ0n) is 17.8. The van der Waals surface area contributed by atoms with Gasteiger partial charge < -0.3 is 9.80 Å². The van der Waals surface area contributed by atoms with E-state index < -0.39 is 25.5 Å². The second-order valence-corrected chi connectivity index (χ2v) is 12.9. The summed E-state index contributed by atoms with van der Waals surface area (Å²) in [6.07, 6.45) is 1.00. The third-order valence-corrected chi connectivity index (χ3v) is 9.37. The van der Waals surface area contributed by atoms with E-state index in [0.717, 1.165) is 23.1 Å². The number of nitrogens with zero attached hydrogens (tertiary/aromatic N) is 3. The van der Waals surface area contributed by atoms with Crippen molar-refractivity contribution in [1.29, 1.82) is 0 Å². The van der Waals surface area contributed by atoms with E-state index in [1.54, 1.807) is 11.0 Å². The Hall–Kier alpha value is -2.57. The largest absolute Gasteiger partial charge is 0.345 e. The summed E-state index contributed by atoms with van der Waals surface area (Å²) in [5, 5.41) is 0.687. The number of piperazine rings is 1. The molecule has 0 N–H and O–H groups in total. The SMILES string of the molecule is CS(=O)(=O)c1cccc2sc(N3CCN(C(=O)CCS(=O)(=O)c4ccc(F)cc4)CC3)nc12. The fraction of sp³-hybridized carbons (Fsp3) is 0.333. The molecule has 33 heavy (non-hydrogen) atoms. The van der Waals surface area contributed by atoms with Gasteiger partial charge in [-0.3, -0.25) is 4.79 Å². The lowest BCUT2D eigenvalue weighted by atomic mass is 10.3. The maximum atomic E-state index is 13.0. The van der Waals surface area contributed by atoms with Gasteiger partial charge in [-0.2, -0.15) is 0 Å². The molecular formula is C21H22FN3O5S3. The monoisotopic (exact) mass is 511 g/mol. The molecule has 4 rings (SSSR count). The van der Waals surface area contributed by atoms with Gasteiger partial charge in [0.15, 0.2) is 24.8 Å². The zero-order valence-corrected chi connectivity index (χ0v) is 20.2. The van der Waals surface area contributed by atoms with Gasteiger partial charge in [0.25, 0.3) is 0 Å². The molecule has 12 heteroatoms. The van der Waals surface area contributed by atoms with Gasteiger partial charge >= 0.3 is 0 Å². The van der Waals surface area contributed by atoms with Crippen LogP contribution in [0.2, 0.25) is 0 Å². The molecule has 0 unspecified atom stereocenters. The minimum absolute atomic E-state index is 0.00850. The fourth-order valence-electron chi connectivity index (χ4n) is 3.63. The summed E-state index contributed by atoms with van der Waals surface area (Å²) in [6, 6.07) is 9.60. The summed E-state index contributed by atoms with van der Waals surface area (Å²) >= 11 is 1.40. The molecule has 1 aliphatic rings. The molecule has 0 radical (unpaired) electrons. The number of carbonyl (C=O) groups excluding carboxylic acids is 1. The molecule has 2 heterocycles. The van der Waals surface area contributed by atoms with Gasteiger partial charge in [-0.15, -0.1) is 0 Å². The van der Waals surface area contributed by atoms with Crippen molar-refractivity contribution < 1.29 is 26.0 Å². The quantitative estimate of drug-likeness (QED) is 0.468. The molecule has 3 aromatic rings. The van der Waals surface area contributed by atoms with Crippen LogP contribution in [0.15, 0.2) is 52.3 Å². The summed E-state index contributed by atoms with van der Waals surface area (Å²) in [6.45, 7) is 1.82. The number of anilines is 1. The Morgan fingerprint density at radius 2 is 1.70 bits per heavy atom. The molecular weight excluding hydrogens is 489 g/mol. The number of sulfone groups is 2. The number of hydrogen-bond acceptors (Lipinski definition) is 8. The Morgan fingerprint density at radius 1 is 1.03 bits per heavy atom. The molecule has 0 saturated carbocycles. The molecule has 176 valence electrons. The van der Waals surface area contributed by atoms with E-state index in [0.29, 0.717) is 36.8 Å². The number of carbonyl (C=O) groups is 1. The molecule has 2 aromatic carbocycles. The number of amides is 1. The Balaban J connectivity index is 1.38. The van der Waals surface area contributed by atoms with Gasteiger partial charge in [0, 0.05) is 38.9 Å². The standard InChI is InChI=1S/C21H22FN3O5S3/c1-32(27,28)18-4-2-3-17-20(18)23-21(31-17)25-12-10-24(11-13-25)19(26)9-14-33(29,30)16-7-5-15(22)6-8-16/h2-8H,9-14H2,1H3. The minimum atomic E-state index is -3.68. The van der Waals surface area contributed by atoms with Crippen molar-refractivity contribution in [3.8, 4) is 0 Å². The van der Waals surface area contributed by atoms with Crippen LogP contribution in [0.25, 0.3) is 10.2 Å². The number of hydrogen-bond donors (Lipinski definition) is 0. The first-order valence-corrected chi connectivity index (χ1v) is 14.5. The molecule has 1 aliphatic heterocycles. The van der Waals surface area contributed by atoms with Crippen LogP contribution >= 0.6 is 11.3 Å². The van der Waals surface area contributed by atoms with Crippen LogP contribution in [-0.2, 0) is 24.5 Å². The van der Waals surface area contributed by atoms with Crippen molar-refractivity contribution in [2.75, 3.05) is 43.1 Å².